The molecule has 0 fully saturated rings. The van der Waals surface area contributed by atoms with Gasteiger partial charge >= 0.3 is 5.97 Å². The molecule has 6 nitrogen and oxygen atoms in total. The van der Waals surface area contributed by atoms with Crippen LogP contribution in [0.2, 0.25) is 0 Å². The summed E-state index contributed by atoms with van der Waals surface area (Å²) in [5.41, 5.74) is 3.67. The third-order valence-electron chi connectivity index (χ3n) is 4.52. The zero-order chi connectivity index (χ0) is 19.3. The lowest BCUT2D eigenvalue weighted by molar-refractivity contribution is 0.0600. The summed E-state index contributed by atoms with van der Waals surface area (Å²) < 4.78 is 8.74. The van der Waals surface area contributed by atoms with Gasteiger partial charge in [0.05, 0.1) is 24.6 Å². The van der Waals surface area contributed by atoms with Gasteiger partial charge < -0.3 is 9.30 Å². The molecule has 2 aromatic heterocycles. The zero-order valence-corrected chi connectivity index (χ0v) is 15.5. The van der Waals surface area contributed by atoms with E-state index in [0.717, 1.165) is 22.6 Å². The fraction of sp³-hybridized carbons (Fsp3) is 0.136. The number of para-hydroxylation sites is 1. The molecule has 0 aliphatic rings. The summed E-state index contributed by atoms with van der Waals surface area (Å²) in [7, 11) is 1.39. The van der Waals surface area contributed by atoms with Crippen molar-refractivity contribution in [2.45, 2.75) is 13.0 Å². The van der Waals surface area contributed by atoms with Crippen LogP contribution in [0.3, 0.4) is 0 Å². The Kier molecular flexibility index (Phi) is 5.01. The quantitative estimate of drug-likeness (QED) is 0.486. The maximum atomic E-state index is 11.7. The van der Waals surface area contributed by atoms with Crippen molar-refractivity contribution >= 4 is 5.97 Å². The number of methoxy groups -OCH3 is 1. The Balaban J connectivity index is 1.51. The molecule has 0 radical (unpaired) electrons. The van der Waals surface area contributed by atoms with Crippen molar-refractivity contribution in [3.05, 3.63) is 102 Å². The van der Waals surface area contributed by atoms with Gasteiger partial charge in [-0.15, -0.1) is 0 Å². The number of carbonyl (C=O) groups is 1. The summed E-state index contributed by atoms with van der Waals surface area (Å²) in [6.45, 7) is 0.632. The zero-order valence-electron chi connectivity index (χ0n) is 15.5. The van der Waals surface area contributed by atoms with E-state index in [1.54, 1.807) is 12.3 Å². The lowest BCUT2D eigenvalue weighted by Crippen LogP contribution is -2.07. The minimum absolute atomic E-state index is 0.332. The van der Waals surface area contributed by atoms with Crippen molar-refractivity contribution in [3.63, 3.8) is 0 Å². The maximum absolute atomic E-state index is 11.7. The smallest absolute Gasteiger partial charge is 0.337 e. The minimum atomic E-state index is -0.332. The molecule has 28 heavy (non-hydrogen) atoms. The Morgan fingerprint density at radius 3 is 2.75 bits per heavy atom. The highest BCUT2D eigenvalue weighted by Crippen LogP contribution is 2.14. The van der Waals surface area contributed by atoms with Gasteiger partial charge in [-0.1, -0.05) is 30.3 Å². The number of imidazole rings is 1. The van der Waals surface area contributed by atoms with Crippen molar-refractivity contribution in [2.24, 2.45) is 0 Å². The normalized spacial score (nSPS) is 10.8. The van der Waals surface area contributed by atoms with Crippen molar-refractivity contribution < 1.29 is 9.53 Å². The van der Waals surface area contributed by atoms with E-state index in [9.17, 15) is 4.79 Å². The summed E-state index contributed by atoms with van der Waals surface area (Å²) in [6, 6.07) is 17.5. The molecule has 0 spiro atoms. The van der Waals surface area contributed by atoms with Crippen LogP contribution in [0.5, 0.6) is 0 Å². The molecule has 4 rings (SSSR count). The fourth-order valence-corrected chi connectivity index (χ4v) is 3.12. The van der Waals surface area contributed by atoms with Gasteiger partial charge in [0, 0.05) is 31.6 Å². The van der Waals surface area contributed by atoms with E-state index in [0.29, 0.717) is 18.5 Å². The monoisotopic (exact) mass is 372 g/mol. The molecule has 0 saturated carbocycles. The molecule has 0 aliphatic carbocycles. The second kappa shape index (κ2) is 7.92. The number of hydrogen-bond donors (Lipinski definition) is 0. The average Bonchev–Trinajstić information content (AvgIpc) is 3.38. The van der Waals surface area contributed by atoms with Crippen LogP contribution in [0.25, 0.3) is 5.69 Å². The van der Waals surface area contributed by atoms with Gasteiger partial charge in [-0.3, -0.25) is 0 Å². The number of aromatic nitrogens is 4. The minimum Gasteiger partial charge on any atom is -0.465 e. The molecule has 0 bridgehead atoms. The summed E-state index contributed by atoms with van der Waals surface area (Å²) >= 11 is 0. The second-order valence-corrected chi connectivity index (χ2v) is 6.47. The second-order valence-electron chi connectivity index (χ2n) is 6.47. The third kappa shape index (κ3) is 3.86. The molecule has 4 aromatic rings. The SMILES string of the molecule is COC(=O)c1cccc(Cn2ccnc2Cc2cnn(-c3ccccc3)c2)c1. The predicted octanol–water partition coefficient (Wildman–Crippen LogP) is 3.49. The number of ether oxygens (including phenoxy) is 1. The third-order valence-corrected chi connectivity index (χ3v) is 4.52. The van der Waals surface area contributed by atoms with Crippen LogP contribution < -0.4 is 0 Å². The molecule has 2 heterocycles. The molecule has 0 N–H and O–H groups in total. The molecule has 2 aromatic carbocycles. The molecule has 6 heteroatoms. The number of esters is 1. The first-order chi connectivity index (χ1) is 13.7. The first-order valence-electron chi connectivity index (χ1n) is 8.99. The number of hydrogen-bond acceptors (Lipinski definition) is 4. The first-order valence-corrected chi connectivity index (χ1v) is 8.99. The topological polar surface area (TPSA) is 61.9 Å². The van der Waals surface area contributed by atoms with Gasteiger partial charge in [0.1, 0.15) is 5.82 Å². The van der Waals surface area contributed by atoms with E-state index in [-0.39, 0.29) is 5.97 Å². The van der Waals surface area contributed by atoms with Crippen molar-refractivity contribution in [1.82, 2.24) is 19.3 Å². The molecular weight excluding hydrogens is 352 g/mol. The summed E-state index contributed by atoms with van der Waals surface area (Å²) in [4.78, 5) is 16.2. The molecule has 0 amide bonds. The van der Waals surface area contributed by atoms with Crippen LogP contribution in [0.4, 0.5) is 0 Å². The van der Waals surface area contributed by atoms with Gasteiger partial charge in [-0.25, -0.2) is 14.5 Å². The van der Waals surface area contributed by atoms with Gasteiger partial charge in [0.25, 0.3) is 0 Å². The van der Waals surface area contributed by atoms with Gasteiger partial charge in [0.15, 0.2) is 0 Å². The fourth-order valence-electron chi connectivity index (χ4n) is 3.12. The van der Waals surface area contributed by atoms with E-state index in [1.807, 2.05) is 71.8 Å². The highest BCUT2D eigenvalue weighted by atomic mass is 16.5. The van der Waals surface area contributed by atoms with Crippen molar-refractivity contribution in [1.29, 1.82) is 0 Å². The van der Waals surface area contributed by atoms with E-state index in [1.165, 1.54) is 7.11 Å². The lowest BCUT2D eigenvalue weighted by Gasteiger charge is -2.08. The van der Waals surface area contributed by atoms with Gasteiger partial charge in [0.2, 0.25) is 0 Å². The van der Waals surface area contributed by atoms with Crippen molar-refractivity contribution in [3.8, 4) is 5.69 Å². The number of nitrogens with zero attached hydrogens (tertiary/aromatic N) is 4. The van der Waals surface area contributed by atoms with Crippen molar-refractivity contribution in [2.75, 3.05) is 7.11 Å². The highest BCUT2D eigenvalue weighted by molar-refractivity contribution is 5.89. The Morgan fingerprint density at radius 2 is 1.93 bits per heavy atom. The maximum Gasteiger partial charge on any atom is 0.337 e. The van der Waals surface area contributed by atoms with E-state index in [4.69, 9.17) is 4.74 Å². The highest BCUT2D eigenvalue weighted by Gasteiger charge is 2.10. The molecule has 0 unspecified atom stereocenters. The molecule has 0 saturated heterocycles. The van der Waals surface area contributed by atoms with Gasteiger partial charge in [-0.05, 0) is 35.4 Å². The van der Waals surface area contributed by atoms with Crippen LogP contribution in [0.1, 0.15) is 27.3 Å². The van der Waals surface area contributed by atoms with Crippen LogP contribution in [0.15, 0.2) is 79.4 Å². The number of rotatable bonds is 6. The largest absolute Gasteiger partial charge is 0.465 e. The van der Waals surface area contributed by atoms with Crippen LogP contribution >= 0.6 is 0 Å². The molecule has 0 aliphatic heterocycles. The van der Waals surface area contributed by atoms with E-state index >= 15 is 0 Å². The summed E-state index contributed by atoms with van der Waals surface area (Å²) in [5.74, 6) is 0.608. The predicted molar refractivity (Wildman–Crippen MR) is 105 cm³/mol. The van der Waals surface area contributed by atoms with Gasteiger partial charge in [-0.2, -0.15) is 5.10 Å². The lowest BCUT2D eigenvalue weighted by atomic mass is 10.1. The standard InChI is InChI=1S/C22H20N4O2/c1-28-22(27)19-7-5-6-17(12-19)15-25-11-10-23-21(25)13-18-14-24-26(16-18)20-8-3-2-4-9-20/h2-12,14,16H,13,15H2,1H3. The Hall–Kier alpha value is -3.67. The Bertz CT molecular complexity index is 1080. The average molecular weight is 372 g/mol. The number of carbonyl (C=O) groups excluding carboxylic acids is 1. The molecule has 140 valence electrons. The summed E-state index contributed by atoms with van der Waals surface area (Å²) in [6.07, 6.45) is 8.30. The van der Waals surface area contributed by atoms with Crippen LogP contribution in [-0.4, -0.2) is 32.4 Å². The van der Waals surface area contributed by atoms with E-state index in [2.05, 4.69) is 14.6 Å². The first kappa shape index (κ1) is 17.7. The number of benzene rings is 2. The van der Waals surface area contributed by atoms with Crippen LogP contribution in [0, 0.1) is 0 Å². The van der Waals surface area contributed by atoms with E-state index < -0.39 is 0 Å². The molecule has 0 atom stereocenters. The van der Waals surface area contributed by atoms with Crippen LogP contribution in [-0.2, 0) is 17.7 Å². The Morgan fingerprint density at radius 1 is 1.07 bits per heavy atom. The summed E-state index contributed by atoms with van der Waals surface area (Å²) in [5, 5.41) is 4.45. The molecular formula is C22H20N4O2. The Labute approximate surface area is 163 Å².